The molecule has 0 atom stereocenters. The van der Waals surface area contributed by atoms with Crippen molar-refractivity contribution in [2.45, 2.75) is 27.7 Å². The zero-order valence-corrected chi connectivity index (χ0v) is 11.6. The van der Waals surface area contributed by atoms with E-state index in [9.17, 15) is 0 Å². The number of thioether (sulfide) groups is 2. The summed E-state index contributed by atoms with van der Waals surface area (Å²) in [5.41, 5.74) is 0. The van der Waals surface area contributed by atoms with Gasteiger partial charge < -0.3 is 0 Å². The standard InChI is InChI=1S/C12H24S2/c1-11(2)9-13-7-5-6-8-14-10-12(3)4/h5-6,11-12H,7-10H2,1-4H3/b6-5+. The smallest absolute Gasteiger partial charge is 0.0113 e. The molecule has 0 amide bonds. The molecule has 84 valence electrons. The molecule has 0 spiro atoms. The first-order valence-corrected chi connectivity index (χ1v) is 7.74. The van der Waals surface area contributed by atoms with Crippen molar-refractivity contribution in [1.29, 1.82) is 0 Å². The molecule has 0 aromatic heterocycles. The fourth-order valence-corrected chi connectivity index (χ4v) is 2.64. The zero-order valence-electron chi connectivity index (χ0n) is 9.95. The first-order valence-electron chi connectivity index (χ1n) is 5.43. The van der Waals surface area contributed by atoms with Crippen LogP contribution in [0.15, 0.2) is 12.2 Å². The van der Waals surface area contributed by atoms with E-state index in [-0.39, 0.29) is 0 Å². The van der Waals surface area contributed by atoms with Gasteiger partial charge in [-0.15, -0.1) is 0 Å². The van der Waals surface area contributed by atoms with Crippen LogP contribution in [0.25, 0.3) is 0 Å². The van der Waals surface area contributed by atoms with E-state index in [0.29, 0.717) is 0 Å². The fourth-order valence-electron chi connectivity index (χ4n) is 0.880. The highest BCUT2D eigenvalue weighted by Gasteiger charge is 1.92. The van der Waals surface area contributed by atoms with Crippen LogP contribution in [0.5, 0.6) is 0 Å². The van der Waals surface area contributed by atoms with E-state index in [4.69, 9.17) is 0 Å². The highest BCUT2D eigenvalue weighted by molar-refractivity contribution is 7.99. The third kappa shape index (κ3) is 12.4. The molecule has 0 aliphatic carbocycles. The fraction of sp³-hybridized carbons (Fsp3) is 0.833. The lowest BCUT2D eigenvalue weighted by Crippen LogP contribution is -1.91. The minimum absolute atomic E-state index is 0.823. The molecule has 0 aromatic rings. The van der Waals surface area contributed by atoms with Gasteiger partial charge >= 0.3 is 0 Å². The summed E-state index contributed by atoms with van der Waals surface area (Å²) in [6, 6.07) is 0. The predicted octanol–water partition coefficient (Wildman–Crippen LogP) is 4.32. The summed E-state index contributed by atoms with van der Waals surface area (Å²) in [5.74, 6) is 6.57. The first kappa shape index (κ1) is 14.4. The molecule has 0 saturated heterocycles. The summed E-state index contributed by atoms with van der Waals surface area (Å²) in [6.07, 6.45) is 4.61. The largest absolute Gasteiger partial charge is 0.158 e. The van der Waals surface area contributed by atoms with E-state index in [1.165, 1.54) is 23.0 Å². The van der Waals surface area contributed by atoms with Gasteiger partial charge in [0.1, 0.15) is 0 Å². The summed E-state index contributed by atoms with van der Waals surface area (Å²) in [4.78, 5) is 0. The van der Waals surface area contributed by atoms with Gasteiger partial charge in [-0.05, 0) is 23.3 Å². The molecule has 0 N–H and O–H groups in total. The Labute approximate surface area is 98.3 Å². The third-order valence-corrected chi connectivity index (χ3v) is 4.16. The van der Waals surface area contributed by atoms with Gasteiger partial charge in [-0.1, -0.05) is 39.8 Å². The molecule has 0 unspecified atom stereocenters. The lowest BCUT2D eigenvalue weighted by atomic mass is 10.3. The summed E-state index contributed by atoms with van der Waals surface area (Å²) in [5, 5.41) is 0. The van der Waals surface area contributed by atoms with E-state index in [0.717, 1.165) is 11.8 Å². The van der Waals surface area contributed by atoms with Crippen molar-refractivity contribution in [1.82, 2.24) is 0 Å². The van der Waals surface area contributed by atoms with Crippen LogP contribution >= 0.6 is 23.5 Å². The summed E-state index contributed by atoms with van der Waals surface area (Å²) in [7, 11) is 0. The highest BCUT2D eigenvalue weighted by Crippen LogP contribution is 2.09. The van der Waals surface area contributed by atoms with Gasteiger partial charge in [0, 0.05) is 11.5 Å². The average Bonchev–Trinajstić information content (AvgIpc) is 2.08. The van der Waals surface area contributed by atoms with Gasteiger partial charge in [-0.2, -0.15) is 23.5 Å². The van der Waals surface area contributed by atoms with Crippen LogP contribution in [0.1, 0.15) is 27.7 Å². The van der Waals surface area contributed by atoms with Crippen LogP contribution in [0.4, 0.5) is 0 Å². The molecule has 0 saturated carbocycles. The molecule has 0 rings (SSSR count). The second-order valence-corrected chi connectivity index (χ2v) is 6.48. The van der Waals surface area contributed by atoms with E-state index in [1.54, 1.807) is 0 Å². The van der Waals surface area contributed by atoms with Gasteiger partial charge in [0.05, 0.1) is 0 Å². The number of hydrogen-bond donors (Lipinski definition) is 0. The molecule has 0 aromatic carbocycles. The van der Waals surface area contributed by atoms with E-state index >= 15 is 0 Å². The lowest BCUT2D eigenvalue weighted by Gasteiger charge is -2.02. The molecule has 0 radical (unpaired) electrons. The van der Waals surface area contributed by atoms with Crippen molar-refractivity contribution in [2.24, 2.45) is 11.8 Å². The Balaban J connectivity index is 3.12. The Kier molecular flexibility index (Phi) is 10.3. The minimum Gasteiger partial charge on any atom is -0.158 e. The van der Waals surface area contributed by atoms with Gasteiger partial charge in [0.15, 0.2) is 0 Å². The molecule has 14 heavy (non-hydrogen) atoms. The quantitative estimate of drug-likeness (QED) is 0.451. The second-order valence-electron chi connectivity index (χ2n) is 4.33. The molecule has 0 nitrogen and oxygen atoms in total. The molecule has 0 heterocycles. The van der Waals surface area contributed by atoms with E-state index in [2.05, 4.69) is 39.8 Å². The van der Waals surface area contributed by atoms with Gasteiger partial charge in [0.25, 0.3) is 0 Å². The molecular formula is C12H24S2. The Morgan fingerprint density at radius 2 is 1.14 bits per heavy atom. The predicted molar refractivity (Wildman–Crippen MR) is 73.5 cm³/mol. The molecule has 0 fully saturated rings. The van der Waals surface area contributed by atoms with Crippen LogP contribution < -0.4 is 0 Å². The maximum atomic E-state index is 2.31. The number of hydrogen-bond acceptors (Lipinski definition) is 2. The Bertz CT molecular complexity index is 123. The molecule has 0 aliphatic heterocycles. The summed E-state index contributed by atoms with van der Waals surface area (Å²) >= 11 is 4.06. The van der Waals surface area contributed by atoms with Crippen LogP contribution in [0, 0.1) is 11.8 Å². The average molecular weight is 232 g/mol. The van der Waals surface area contributed by atoms with Gasteiger partial charge in [-0.25, -0.2) is 0 Å². The van der Waals surface area contributed by atoms with Crippen molar-refractivity contribution in [3.05, 3.63) is 12.2 Å². The maximum absolute atomic E-state index is 2.31. The molecule has 2 heteroatoms. The lowest BCUT2D eigenvalue weighted by molar-refractivity contribution is 0.750. The van der Waals surface area contributed by atoms with Crippen molar-refractivity contribution in [3.63, 3.8) is 0 Å². The Hall–Kier alpha value is 0.440. The van der Waals surface area contributed by atoms with E-state index in [1.807, 2.05) is 23.5 Å². The SMILES string of the molecule is CC(C)CSC/C=C/CSCC(C)C. The van der Waals surface area contributed by atoms with Crippen LogP contribution in [-0.2, 0) is 0 Å². The monoisotopic (exact) mass is 232 g/mol. The minimum atomic E-state index is 0.823. The zero-order chi connectivity index (χ0) is 10.8. The highest BCUT2D eigenvalue weighted by atomic mass is 32.2. The van der Waals surface area contributed by atoms with E-state index < -0.39 is 0 Å². The number of rotatable bonds is 8. The van der Waals surface area contributed by atoms with Crippen LogP contribution in [-0.4, -0.2) is 23.0 Å². The van der Waals surface area contributed by atoms with Gasteiger partial charge in [0.2, 0.25) is 0 Å². The van der Waals surface area contributed by atoms with Crippen molar-refractivity contribution in [2.75, 3.05) is 23.0 Å². The van der Waals surface area contributed by atoms with Crippen molar-refractivity contribution >= 4 is 23.5 Å². The van der Waals surface area contributed by atoms with Crippen LogP contribution in [0.2, 0.25) is 0 Å². The molecular weight excluding hydrogens is 208 g/mol. The second kappa shape index (κ2) is 9.97. The maximum Gasteiger partial charge on any atom is 0.0113 e. The first-order chi connectivity index (χ1) is 6.63. The van der Waals surface area contributed by atoms with Gasteiger partial charge in [-0.3, -0.25) is 0 Å². The molecule has 0 bridgehead atoms. The normalized spacial score (nSPS) is 12.1. The summed E-state index contributed by atoms with van der Waals surface area (Å²) in [6.45, 7) is 9.09. The Morgan fingerprint density at radius 1 is 0.786 bits per heavy atom. The third-order valence-electron chi connectivity index (χ3n) is 1.50. The van der Waals surface area contributed by atoms with Crippen molar-refractivity contribution < 1.29 is 0 Å². The summed E-state index contributed by atoms with van der Waals surface area (Å²) < 4.78 is 0. The van der Waals surface area contributed by atoms with Crippen LogP contribution in [0.3, 0.4) is 0 Å². The molecule has 0 aliphatic rings. The topological polar surface area (TPSA) is 0 Å². The van der Waals surface area contributed by atoms with Crippen molar-refractivity contribution in [3.8, 4) is 0 Å². The Morgan fingerprint density at radius 3 is 1.43 bits per heavy atom.